The molecular formula is C49H26BF3N2O2S. The van der Waals surface area contributed by atoms with Crippen LogP contribution >= 0.6 is 11.3 Å². The van der Waals surface area contributed by atoms with E-state index < -0.39 is 11.7 Å². The third-order valence-electron chi connectivity index (χ3n) is 12.1. The molecule has 0 aliphatic carbocycles. The molecule has 0 radical (unpaired) electrons. The fourth-order valence-electron chi connectivity index (χ4n) is 9.73. The van der Waals surface area contributed by atoms with E-state index in [-0.39, 0.29) is 11.4 Å². The Bertz CT molecular complexity index is 3530. The highest BCUT2D eigenvalue weighted by Crippen LogP contribution is 2.46. The van der Waals surface area contributed by atoms with Crippen LogP contribution in [0.4, 0.5) is 13.2 Å². The Hall–Kier alpha value is -6.97. The van der Waals surface area contributed by atoms with Crippen LogP contribution in [0.5, 0.6) is 23.0 Å². The number of aromatic nitrogens is 2. The summed E-state index contributed by atoms with van der Waals surface area (Å²) in [5, 5.41) is 5.82. The van der Waals surface area contributed by atoms with Crippen LogP contribution in [0.1, 0.15) is 5.56 Å². The van der Waals surface area contributed by atoms with Crippen LogP contribution in [0.25, 0.3) is 75.2 Å². The van der Waals surface area contributed by atoms with E-state index in [2.05, 4.69) is 100 Å². The smallest absolute Gasteiger partial charge is 0.417 e. The normalized spacial score (nSPS) is 13.3. The molecule has 274 valence electrons. The third-order valence-corrected chi connectivity index (χ3v) is 13.3. The second kappa shape index (κ2) is 11.3. The number of hydrogen-bond donors (Lipinski definition) is 0. The Morgan fingerprint density at radius 1 is 0.466 bits per heavy atom. The van der Waals surface area contributed by atoms with E-state index in [0.717, 1.165) is 104 Å². The number of benzene rings is 8. The van der Waals surface area contributed by atoms with Crippen molar-refractivity contribution in [2.24, 2.45) is 0 Å². The molecule has 0 fully saturated rings. The highest BCUT2D eigenvalue weighted by atomic mass is 32.1. The van der Waals surface area contributed by atoms with Crippen LogP contribution < -0.4 is 25.9 Å². The van der Waals surface area contributed by atoms with E-state index in [1.165, 1.54) is 23.5 Å². The van der Waals surface area contributed by atoms with Crippen LogP contribution in [0.3, 0.4) is 0 Å². The molecule has 0 spiro atoms. The minimum absolute atomic E-state index is 0.0177. The van der Waals surface area contributed by atoms with Gasteiger partial charge in [-0.05, 0) is 71.6 Å². The van der Waals surface area contributed by atoms with Crippen molar-refractivity contribution in [2.75, 3.05) is 0 Å². The highest BCUT2D eigenvalue weighted by Gasteiger charge is 2.40. The molecule has 4 nitrogen and oxygen atoms in total. The Morgan fingerprint density at radius 2 is 1.02 bits per heavy atom. The zero-order valence-electron chi connectivity index (χ0n) is 30.3. The summed E-state index contributed by atoms with van der Waals surface area (Å²) >= 11 is 1.19. The first-order chi connectivity index (χ1) is 28.4. The number of halogens is 3. The molecule has 2 aliphatic heterocycles. The van der Waals surface area contributed by atoms with Gasteiger partial charge in [0.1, 0.15) is 23.0 Å². The summed E-state index contributed by atoms with van der Waals surface area (Å²) in [6.07, 6.45) is -4.43. The molecule has 8 aromatic carbocycles. The summed E-state index contributed by atoms with van der Waals surface area (Å²) in [6.45, 7) is -0.0177. The molecule has 58 heavy (non-hydrogen) atoms. The molecule has 2 aliphatic rings. The zero-order valence-corrected chi connectivity index (χ0v) is 31.2. The van der Waals surface area contributed by atoms with E-state index in [1.807, 2.05) is 48.5 Å². The van der Waals surface area contributed by atoms with Crippen molar-refractivity contribution in [2.45, 2.75) is 6.18 Å². The summed E-state index contributed by atoms with van der Waals surface area (Å²) < 4.78 is 61.3. The molecule has 0 N–H and O–H groups in total. The Morgan fingerprint density at radius 3 is 1.64 bits per heavy atom. The number of nitrogens with zero attached hydrogens (tertiary/aromatic N) is 2. The van der Waals surface area contributed by atoms with Crippen LogP contribution in [0.2, 0.25) is 0 Å². The lowest BCUT2D eigenvalue weighted by Gasteiger charge is -2.33. The zero-order chi connectivity index (χ0) is 38.4. The van der Waals surface area contributed by atoms with Crippen molar-refractivity contribution >= 4 is 98.2 Å². The molecule has 0 saturated heterocycles. The van der Waals surface area contributed by atoms with Gasteiger partial charge in [-0.1, -0.05) is 84.9 Å². The number of ether oxygens (including phenoxy) is 2. The van der Waals surface area contributed by atoms with Crippen molar-refractivity contribution in [3.05, 3.63) is 163 Å². The monoisotopic (exact) mass is 774 g/mol. The lowest BCUT2D eigenvalue weighted by atomic mass is 9.35. The number of para-hydroxylation sites is 4. The van der Waals surface area contributed by atoms with Crippen LogP contribution in [0, 0.1) is 0 Å². The number of hydrogen-bond acceptors (Lipinski definition) is 3. The Labute approximate surface area is 332 Å². The largest absolute Gasteiger partial charge is 0.458 e. The van der Waals surface area contributed by atoms with E-state index in [0.29, 0.717) is 5.39 Å². The molecule has 3 aromatic heterocycles. The van der Waals surface area contributed by atoms with Gasteiger partial charge in [0.15, 0.2) is 0 Å². The number of fused-ring (bicyclic) bond motifs is 14. The van der Waals surface area contributed by atoms with Gasteiger partial charge in [0.25, 0.3) is 6.71 Å². The number of alkyl halides is 3. The van der Waals surface area contributed by atoms with Crippen LogP contribution in [-0.4, -0.2) is 15.8 Å². The third kappa shape index (κ3) is 4.26. The SMILES string of the molecule is FC(F)(F)c1cccc2c1sc1ccc(-n3c4ccccc4c4c5c6ccccc6n(-c6cc7c8c(c6)Oc6ccccc6B8c6ccccc6O7)c5ccc43)cc12. The van der Waals surface area contributed by atoms with Crippen molar-refractivity contribution in [1.82, 2.24) is 9.13 Å². The molecule has 0 atom stereocenters. The predicted octanol–water partition coefficient (Wildman–Crippen LogP) is 12.0. The standard InChI is InChI=1S/C49H26BF3N2O2S/c51-49(52,53)33-13-9-12-29-32-24-27(20-23-44(32)58-48(29)33)54-36-16-5-1-10-30(36)45-38(54)21-22-39-46(45)31-11-2-6-17-37(31)55(39)28-25-42-47-43(26-28)57-41-19-8-4-15-35(41)50(47)34-14-3-7-18-40(34)56-42/h1-26H. The molecule has 9 heteroatoms. The van der Waals surface area contributed by atoms with Crippen LogP contribution in [0.15, 0.2) is 158 Å². The summed E-state index contributed by atoms with van der Waals surface area (Å²) in [6, 6.07) is 52.5. The lowest BCUT2D eigenvalue weighted by molar-refractivity contribution is -0.136. The fraction of sp³-hybridized carbons (Fsp3) is 0.0204. The molecular weight excluding hydrogens is 748 g/mol. The number of rotatable bonds is 2. The summed E-state index contributed by atoms with van der Waals surface area (Å²) in [5.41, 5.74) is 8.58. The quantitative estimate of drug-likeness (QED) is 0.164. The molecule has 0 unspecified atom stereocenters. The van der Waals surface area contributed by atoms with E-state index in [9.17, 15) is 13.2 Å². The maximum atomic E-state index is 14.1. The first kappa shape index (κ1) is 32.2. The van der Waals surface area contributed by atoms with E-state index in [1.54, 1.807) is 6.07 Å². The van der Waals surface area contributed by atoms with Crippen molar-refractivity contribution < 1.29 is 22.6 Å². The average molecular weight is 775 g/mol. The first-order valence-electron chi connectivity index (χ1n) is 19.1. The predicted molar refractivity (Wildman–Crippen MR) is 231 cm³/mol. The highest BCUT2D eigenvalue weighted by molar-refractivity contribution is 7.26. The van der Waals surface area contributed by atoms with Gasteiger partial charge >= 0.3 is 6.18 Å². The molecule has 13 rings (SSSR count). The molecule has 5 heterocycles. The maximum absolute atomic E-state index is 14.1. The summed E-state index contributed by atoms with van der Waals surface area (Å²) in [5.74, 6) is 3.22. The second-order valence-corrected chi connectivity index (χ2v) is 16.1. The van der Waals surface area contributed by atoms with Crippen LogP contribution in [-0.2, 0) is 6.18 Å². The van der Waals surface area contributed by atoms with Gasteiger partial charge < -0.3 is 18.6 Å². The van der Waals surface area contributed by atoms with Crippen molar-refractivity contribution in [1.29, 1.82) is 0 Å². The topological polar surface area (TPSA) is 28.3 Å². The van der Waals surface area contributed by atoms with E-state index >= 15 is 0 Å². The summed E-state index contributed by atoms with van der Waals surface area (Å²) in [4.78, 5) is 0. The van der Waals surface area contributed by atoms with Gasteiger partial charge in [-0.25, -0.2) is 0 Å². The van der Waals surface area contributed by atoms with E-state index in [4.69, 9.17) is 9.47 Å². The molecule has 0 bridgehead atoms. The maximum Gasteiger partial charge on any atom is 0.417 e. The molecule has 0 amide bonds. The van der Waals surface area contributed by atoms with Gasteiger partial charge in [0, 0.05) is 65.0 Å². The Kier molecular flexibility index (Phi) is 6.28. The minimum Gasteiger partial charge on any atom is -0.458 e. The van der Waals surface area contributed by atoms with Gasteiger partial charge in [-0.2, -0.15) is 13.2 Å². The first-order valence-corrected chi connectivity index (χ1v) is 19.9. The van der Waals surface area contributed by atoms with Crippen molar-refractivity contribution in [3.63, 3.8) is 0 Å². The minimum atomic E-state index is -4.43. The molecule has 0 saturated carbocycles. The Balaban J connectivity index is 1.07. The average Bonchev–Trinajstić information content (AvgIpc) is 3.90. The second-order valence-electron chi connectivity index (χ2n) is 15.1. The van der Waals surface area contributed by atoms with Gasteiger partial charge in [-0.3, -0.25) is 0 Å². The van der Waals surface area contributed by atoms with Gasteiger partial charge in [-0.15, -0.1) is 11.3 Å². The molecule has 11 aromatic rings. The van der Waals surface area contributed by atoms with Crippen molar-refractivity contribution in [3.8, 4) is 34.4 Å². The van der Waals surface area contributed by atoms with Gasteiger partial charge in [0.2, 0.25) is 0 Å². The fourth-order valence-corrected chi connectivity index (χ4v) is 10.9. The number of thiophene rings is 1. The van der Waals surface area contributed by atoms with Gasteiger partial charge in [0.05, 0.1) is 33.3 Å². The summed E-state index contributed by atoms with van der Waals surface area (Å²) in [7, 11) is 0. The lowest BCUT2D eigenvalue weighted by Crippen LogP contribution is -2.57.